The topological polar surface area (TPSA) is 12.0 Å². The molecule has 1 aliphatic carbocycles. The van der Waals surface area contributed by atoms with Crippen molar-refractivity contribution in [2.24, 2.45) is 11.8 Å². The van der Waals surface area contributed by atoms with Gasteiger partial charge in [-0.15, -0.1) is 0 Å². The summed E-state index contributed by atoms with van der Waals surface area (Å²) in [5, 5.41) is 3.67. The molecular weight excluding hydrogens is 154 g/mol. The van der Waals surface area contributed by atoms with E-state index in [2.05, 4.69) is 24.0 Å². The Kier molecular flexibility index (Phi) is 2.42. The molecule has 1 N–H and O–H groups in total. The fourth-order valence-corrected chi connectivity index (χ4v) is 2.97. The number of nitrogens with one attached hydrogen (secondary N) is 1. The Balaban J connectivity index is 1.82. The van der Waals surface area contributed by atoms with Gasteiger partial charge in [0.05, 0.1) is 0 Å². The Labute approximate surface area is 73.3 Å². The third-order valence-corrected chi connectivity index (χ3v) is 4.02. The van der Waals surface area contributed by atoms with Gasteiger partial charge in [-0.1, -0.05) is 6.92 Å². The highest BCUT2D eigenvalue weighted by molar-refractivity contribution is 7.99. The second kappa shape index (κ2) is 3.36. The monoisotopic (exact) mass is 171 g/mol. The van der Waals surface area contributed by atoms with Crippen molar-refractivity contribution < 1.29 is 0 Å². The molecule has 0 bridgehead atoms. The van der Waals surface area contributed by atoms with Gasteiger partial charge in [-0.3, -0.25) is 0 Å². The molecule has 1 nitrogen and oxygen atoms in total. The maximum absolute atomic E-state index is 3.67. The van der Waals surface area contributed by atoms with Crippen LogP contribution < -0.4 is 5.32 Å². The Morgan fingerprint density at radius 2 is 2.09 bits per heavy atom. The molecule has 1 saturated carbocycles. The summed E-state index contributed by atoms with van der Waals surface area (Å²) in [4.78, 5) is 0. The molecule has 1 heterocycles. The SMILES string of the molecule is CC1CNC(C2CC2)CSC1. The van der Waals surface area contributed by atoms with Crippen molar-refractivity contribution in [2.45, 2.75) is 25.8 Å². The molecule has 11 heavy (non-hydrogen) atoms. The van der Waals surface area contributed by atoms with Gasteiger partial charge in [-0.25, -0.2) is 0 Å². The summed E-state index contributed by atoms with van der Waals surface area (Å²) in [5.41, 5.74) is 0. The predicted octanol–water partition coefficient (Wildman–Crippen LogP) is 1.74. The van der Waals surface area contributed by atoms with Gasteiger partial charge in [0, 0.05) is 11.8 Å². The van der Waals surface area contributed by atoms with E-state index in [-0.39, 0.29) is 0 Å². The molecule has 1 aliphatic heterocycles. The molecule has 0 radical (unpaired) electrons. The molecule has 0 aromatic carbocycles. The fourth-order valence-electron chi connectivity index (χ4n) is 1.67. The Morgan fingerprint density at radius 3 is 2.82 bits per heavy atom. The first-order chi connectivity index (χ1) is 5.36. The van der Waals surface area contributed by atoms with Gasteiger partial charge < -0.3 is 5.32 Å². The molecule has 2 fully saturated rings. The highest BCUT2D eigenvalue weighted by Gasteiger charge is 2.31. The standard InChI is InChI=1S/C9H17NS/c1-7-4-10-9(6-11-5-7)8-2-3-8/h7-10H,2-6H2,1H3. The third kappa shape index (κ3) is 2.12. The number of rotatable bonds is 1. The summed E-state index contributed by atoms with van der Waals surface area (Å²) in [5.74, 6) is 4.63. The number of thioether (sulfide) groups is 1. The summed E-state index contributed by atoms with van der Waals surface area (Å²) < 4.78 is 0. The van der Waals surface area contributed by atoms with Gasteiger partial charge in [0.1, 0.15) is 0 Å². The Morgan fingerprint density at radius 1 is 1.27 bits per heavy atom. The maximum atomic E-state index is 3.67. The molecule has 2 rings (SSSR count). The van der Waals surface area contributed by atoms with E-state index in [1.807, 2.05) is 0 Å². The largest absolute Gasteiger partial charge is 0.313 e. The van der Waals surface area contributed by atoms with Crippen LogP contribution >= 0.6 is 11.8 Å². The molecule has 1 saturated heterocycles. The summed E-state index contributed by atoms with van der Waals surface area (Å²) in [7, 11) is 0. The summed E-state index contributed by atoms with van der Waals surface area (Å²) in [6, 6.07) is 0.852. The zero-order valence-corrected chi connectivity index (χ0v) is 7.99. The van der Waals surface area contributed by atoms with Crippen molar-refractivity contribution in [3.63, 3.8) is 0 Å². The van der Waals surface area contributed by atoms with E-state index < -0.39 is 0 Å². The van der Waals surface area contributed by atoms with Crippen LogP contribution in [0.4, 0.5) is 0 Å². The first-order valence-corrected chi connectivity index (χ1v) is 5.83. The second-order valence-corrected chi connectivity index (χ2v) is 5.07. The van der Waals surface area contributed by atoms with E-state index in [0.717, 1.165) is 17.9 Å². The summed E-state index contributed by atoms with van der Waals surface area (Å²) >= 11 is 2.14. The highest BCUT2D eigenvalue weighted by atomic mass is 32.2. The van der Waals surface area contributed by atoms with Gasteiger partial charge in [0.15, 0.2) is 0 Å². The molecule has 2 heteroatoms. The lowest BCUT2D eigenvalue weighted by Crippen LogP contribution is -2.34. The molecule has 0 aromatic rings. The first kappa shape index (κ1) is 7.93. The molecule has 0 aromatic heterocycles. The summed E-state index contributed by atoms with van der Waals surface area (Å²) in [6.07, 6.45) is 2.96. The molecule has 0 spiro atoms. The van der Waals surface area contributed by atoms with Crippen LogP contribution in [0.5, 0.6) is 0 Å². The van der Waals surface area contributed by atoms with E-state index in [9.17, 15) is 0 Å². The van der Waals surface area contributed by atoms with Gasteiger partial charge in [0.2, 0.25) is 0 Å². The first-order valence-electron chi connectivity index (χ1n) is 4.67. The van der Waals surface area contributed by atoms with Crippen LogP contribution in [-0.4, -0.2) is 24.1 Å². The minimum absolute atomic E-state index is 0.852. The minimum Gasteiger partial charge on any atom is -0.313 e. The molecule has 2 unspecified atom stereocenters. The Bertz CT molecular complexity index is 134. The van der Waals surface area contributed by atoms with Crippen LogP contribution in [-0.2, 0) is 0 Å². The molecular formula is C9H17NS. The van der Waals surface area contributed by atoms with Crippen LogP contribution in [0.2, 0.25) is 0 Å². The lowest BCUT2D eigenvalue weighted by Gasteiger charge is -2.13. The van der Waals surface area contributed by atoms with Crippen LogP contribution in [0.3, 0.4) is 0 Å². The minimum atomic E-state index is 0.852. The van der Waals surface area contributed by atoms with Gasteiger partial charge >= 0.3 is 0 Å². The quantitative estimate of drug-likeness (QED) is 0.645. The second-order valence-electron chi connectivity index (χ2n) is 3.99. The third-order valence-electron chi connectivity index (χ3n) is 2.62. The molecule has 2 aliphatic rings. The van der Waals surface area contributed by atoms with Gasteiger partial charge in [0.25, 0.3) is 0 Å². The average molecular weight is 171 g/mol. The summed E-state index contributed by atoms with van der Waals surface area (Å²) in [6.45, 7) is 3.59. The molecule has 0 amide bonds. The zero-order chi connectivity index (χ0) is 7.68. The maximum Gasteiger partial charge on any atom is 0.0186 e. The van der Waals surface area contributed by atoms with Crippen molar-refractivity contribution in [3.05, 3.63) is 0 Å². The predicted molar refractivity (Wildman–Crippen MR) is 51.0 cm³/mol. The molecule has 2 atom stereocenters. The van der Waals surface area contributed by atoms with Crippen molar-refractivity contribution in [2.75, 3.05) is 18.1 Å². The van der Waals surface area contributed by atoms with E-state index >= 15 is 0 Å². The van der Waals surface area contributed by atoms with E-state index in [4.69, 9.17) is 0 Å². The van der Waals surface area contributed by atoms with Crippen molar-refractivity contribution >= 4 is 11.8 Å². The fraction of sp³-hybridized carbons (Fsp3) is 1.00. The van der Waals surface area contributed by atoms with Crippen LogP contribution in [0.15, 0.2) is 0 Å². The Hall–Kier alpha value is 0.310. The smallest absolute Gasteiger partial charge is 0.0186 e. The van der Waals surface area contributed by atoms with Crippen LogP contribution in [0.1, 0.15) is 19.8 Å². The van der Waals surface area contributed by atoms with Crippen LogP contribution in [0, 0.1) is 11.8 Å². The lowest BCUT2D eigenvalue weighted by molar-refractivity contribution is 0.470. The normalized spacial score (nSPS) is 40.1. The van der Waals surface area contributed by atoms with Crippen LogP contribution in [0.25, 0.3) is 0 Å². The lowest BCUT2D eigenvalue weighted by atomic mass is 10.2. The average Bonchev–Trinajstić information content (AvgIpc) is 2.73. The van der Waals surface area contributed by atoms with E-state index in [1.165, 1.54) is 30.9 Å². The van der Waals surface area contributed by atoms with Gasteiger partial charge in [-0.2, -0.15) is 11.8 Å². The number of hydrogen-bond acceptors (Lipinski definition) is 2. The zero-order valence-electron chi connectivity index (χ0n) is 7.18. The number of hydrogen-bond donors (Lipinski definition) is 1. The van der Waals surface area contributed by atoms with E-state index in [1.54, 1.807) is 0 Å². The van der Waals surface area contributed by atoms with Crippen molar-refractivity contribution in [1.29, 1.82) is 0 Å². The molecule has 64 valence electrons. The van der Waals surface area contributed by atoms with Crippen molar-refractivity contribution in [3.8, 4) is 0 Å². The highest BCUT2D eigenvalue weighted by Crippen LogP contribution is 2.35. The van der Waals surface area contributed by atoms with Crippen molar-refractivity contribution in [1.82, 2.24) is 5.32 Å². The van der Waals surface area contributed by atoms with Gasteiger partial charge in [-0.05, 0) is 37.0 Å². The van der Waals surface area contributed by atoms with E-state index in [0.29, 0.717) is 0 Å².